The van der Waals surface area contributed by atoms with Crippen LogP contribution in [-0.4, -0.2) is 54.5 Å². The fraction of sp³-hybridized carbons (Fsp3) is 0.941. The van der Waals surface area contributed by atoms with Crippen LogP contribution in [0.25, 0.3) is 0 Å². The van der Waals surface area contributed by atoms with Gasteiger partial charge in [-0.05, 0) is 37.5 Å². The molecule has 1 amide bonds. The van der Waals surface area contributed by atoms with E-state index in [4.69, 9.17) is 5.73 Å². The van der Waals surface area contributed by atoms with Crippen LogP contribution in [0.15, 0.2) is 0 Å². The maximum atomic E-state index is 12.6. The van der Waals surface area contributed by atoms with Crippen molar-refractivity contribution in [2.75, 3.05) is 32.7 Å². The lowest BCUT2D eigenvalue weighted by Gasteiger charge is -2.30. The Balaban J connectivity index is 1.50. The SMILES string of the molecule is NC1CCCC2CN(CC(=O)N3CCCCCCC3)CC12. The summed E-state index contributed by atoms with van der Waals surface area (Å²) in [5.74, 6) is 1.73. The molecule has 0 bridgehead atoms. The molecule has 0 aromatic heterocycles. The first-order valence-electron chi connectivity index (χ1n) is 9.00. The molecule has 0 radical (unpaired) electrons. The van der Waals surface area contributed by atoms with E-state index in [0.29, 0.717) is 24.4 Å². The molecule has 3 unspecified atom stereocenters. The molecule has 3 aliphatic rings. The summed E-state index contributed by atoms with van der Waals surface area (Å²) in [6.45, 7) is 4.71. The zero-order valence-corrected chi connectivity index (χ0v) is 13.3. The first-order valence-corrected chi connectivity index (χ1v) is 9.00. The number of carbonyl (C=O) groups is 1. The predicted octanol–water partition coefficient (Wildman–Crippen LogP) is 1.84. The molecule has 4 heteroatoms. The number of likely N-dealkylation sites (tertiary alicyclic amines) is 2. The Labute approximate surface area is 129 Å². The minimum atomic E-state index is 0.351. The molecular weight excluding hydrogens is 262 g/mol. The van der Waals surface area contributed by atoms with Crippen molar-refractivity contribution in [1.29, 1.82) is 0 Å². The fourth-order valence-electron chi connectivity index (χ4n) is 4.53. The Hall–Kier alpha value is -0.610. The van der Waals surface area contributed by atoms with Crippen molar-refractivity contribution < 1.29 is 4.79 Å². The van der Waals surface area contributed by atoms with Crippen molar-refractivity contribution in [2.45, 2.75) is 57.4 Å². The Morgan fingerprint density at radius 1 is 0.952 bits per heavy atom. The van der Waals surface area contributed by atoms with Crippen LogP contribution in [0.5, 0.6) is 0 Å². The van der Waals surface area contributed by atoms with Crippen LogP contribution in [0, 0.1) is 11.8 Å². The number of carbonyl (C=O) groups excluding carboxylic acids is 1. The molecule has 1 saturated carbocycles. The van der Waals surface area contributed by atoms with E-state index in [0.717, 1.165) is 32.1 Å². The van der Waals surface area contributed by atoms with Crippen LogP contribution < -0.4 is 5.73 Å². The van der Waals surface area contributed by atoms with E-state index in [9.17, 15) is 4.79 Å². The van der Waals surface area contributed by atoms with Gasteiger partial charge in [-0.25, -0.2) is 0 Å². The average Bonchev–Trinajstić information content (AvgIpc) is 2.82. The number of hydrogen-bond acceptors (Lipinski definition) is 3. The summed E-state index contributed by atoms with van der Waals surface area (Å²) < 4.78 is 0. The second kappa shape index (κ2) is 7.10. The minimum Gasteiger partial charge on any atom is -0.342 e. The molecule has 120 valence electrons. The minimum absolute atomic E-state index is 0.351. The number of nitrogens with zero attached hydrogens (tertiary/aromatic N) is 2. The monoisotopic (exact) mass is 293 g/mol. The number of fused-ring (bicyclic) bond motifs is 1. The van der Waals surface area contributed by atoms with Gasteiger partial charge in [0.25, 0.3) is 0 Å². The Bertz CT molecular complexity index is 352. The van der Waals surface area contributed by atoms with Gasteiger partial charge in [-0.15, -0.1) is 0 Å². The highest BCUT2D eigenvalue weighted by Crippen LogP contribution is 2.35. The second-order valence-electron chi connectivity index (χ2n) is 7.36. The quantitative estimate of drug-likeness (QED) is 0.845. The van der Waals surface area contributed by atoms with Gasteiger partial charge in [0.1, 0.15) is 0 Å². The Morgan fingerprint density at radius 3 is 2.38 bits per heavy atom. The lowest BCUT2D eigenvalue weighted by atomic mass is 9.78. The third kappa shape index (κ3) is 3.78. The van der Waals surface area contributed by atoms with Crippen LogP contribution in [0.4, 0.5) is 0 Å². The predicted molar refractivity (Wildman–Crippen MR) is 84.9 cm³/mol. The second-order valence-corrected chi connectivity index (χ2v) is 7.36. The Kier molecular flexibility index (Phi) is 5.17. The van der Waals surface area contributed by atoms with Gasteiger partial charge in [0.2, 0.25) is 5.91 Å². The van der Waals surface area contributed by atoms with E-state index in [-0.39, 0.29) is 0 Å². The van der Waals surface area contributed by atoms with Crippen molar-refractivity contribution in [2.24, 2.45) is 17.6 Å². The molecule has 0 spiro atoms. The van der Waals surface area contributed by atoms with Gasteiger partial charge in [0.05, 0.1) is 6.54 Å². The highest BCUT2D eigenvalue weighted by Gasteiger charge is 2.39. The molecule has 21 heavy (non-hydrogen) atoms. The van der Waals surface area contributed by atoms with Crippen molar-refractivity contribution >= 4 is 5.91 Å². The zero-order chi connectivity index (χ0) is 14.7. The van der Waals surface area contributed by atoms with Gasteiger partial charge in [-0.3, -0.25) is 9.69 Å². The van der Waals surface area contributed by atoms with E-state index in [1.165, 1.54) is 51.4 Å². The molecule has 2 aliphatic heterocycles. The van der Waals surface area contributed by atoms with E-state index >= 15 is 0 Å². The van der Waals surface area contributed by atoms with E-state index in [1.807, 2.05) is 0 Å². The third-order valence-electron chi connectivity index (χ3n) is 5.80. The molecule has 4 nitrogen and oxygen atoms in total. The summed E-state index contributed by atoms with van der Waals surface area (Å²) in [5.41, 5.74) is 6.27. The van der Waals surface area contributed by atoms with Crippen LogP contribution in [0.2, 0.25) is 0 Å². The Morgan fingerprint density at radius 2 is 1.67 bits per heavy atom. The maximum absolute atomic E-state index is 12.6. The molecule has 1 aliphatic carbocycles. The fourth-order valence-corrected chi connectivity index (χ4v) is 4.53. The third-order valence-corrected chi connectivity index (χ3v) is 5.80. The van der Waals surface area contributed by atoms with Gasteiger partial charge in [0, 0.05) is 32.2 Å². The number of nitrogens with two attached hydrogens (primary N) is 1. The van der Waals surface area contributed by atoms with Crippen LogP contribution >= 0.6 is 0 Å². The van der Waals surface area contributed by atoms with Crippen molar-refractivity contribution in [3.63, 3.8) is 0 Å². The largest absolute Gasteiger partial charge is 0.342 e. The van der Waals surface area contributed by atoms with E-state index in [2.05, 4.69) is 9.80 Å². The van der Waals surface area contributed by atoms with Gasteiger partial charge in [0.15, 0.2) is 0 Å². The van der Waals surface area contributed by atoms with Gasteiger partial charge in [-0.2, -0.15) is 0 Å². The standard InChI is InChI=1S/C17H31N3O/c18-16-8-6-7-14-11-19(12-15(14)16)13-17(21)20-9-4-2-1-3-5-10-20/h14-16H,1-13,18H2. The normalized spacial score (nSPS) is 35.1. The highest BCUT2D eigenvalue weighted by atomic mass is 16.2. The maximum Gasteiger partial charge on any atom is 0.236 e. The number of rotatable bonds is 2. The van der Waals surface area contributed by atoms with E-state index < -0.39 is 0 Å². The van der Waals surface area contributed by atoms with Crippen LogP contribution in [0.1, 0.15) is 51.4 Å². The molecular formula is C17H31N3O. The highest BCUT2D eigenvalue weighted by molar-refractivity contribution is 5.78. The summed E-state index contributed by atoms with van der Waals surface area (Å²) in [4.78, 5) is 17.0. The molecule has 0 aromatic carbocycles. The molecule has 0 aromatic rings. The smallest absolute Gasteiger partial charge is 0.236 e. The zero-order valence-electron chi connectivity index (χ0n) is 13.3. The summed E-state index contributed by atoms with van der Waals surface area (Å²) in [6, 6.07) is 0.366. The summed E-state index contributed by atoms with van der Waals surface area (Å²) >= 11 is 0. The topological polar surface area (TPSA) is 49.6 Å². The van der Waals surface area contributed by atoms with Crippen LogP contribution in [-0.2, 0) is 4.79 Å². The van der Waals surface area contributed by atoms with E-state index in [1.54, 1.807) is 0 Å². The van der Waals surface area contributed by atoms with Gasteiger partial charge >= 0.3 is 0 Å². The summed E-state index contributed by atoms with van der Waals surface area (Å²) in [7, 11) is 0. The lowest BCUT2D eigenvalue weighted by molar-refractivity contribution is -0.132. The first kappa shape index (κ1) is 15.3. The van der Waals surface area contributed by atoms with Crippen molar-refractivity contribution in [1.82, 2.24) is 9.80 Å². The number of hydrogen-bond donors (Lipinski definition) is 1. The number of amides is 1. The molecule has 3 rings (SSSR count). The average molecular weight is 293 g/mol. The molecule has 3 fully saturated rings. The van der Waals surface area contributed by atoms with Gasteiger partial charge < -0.3 is 10.6 Å². The lowest BCUT2D eigenvalue weighted by Crippen LogP contribution is -2.41. The van der Waals surface area contributed by atoms with Crippen molar-refractivity contribution in [3.05, 3.63) is 0 Å². The van der Waals surface area contributed by atoms with Crippen LogP contribution in [0.3, 0.4) is 0 Å². The molecule has 2 saturated heterocycles. The summed E-state index contributed by atoms with van der Waals surface area (Å²) in [5, 5.41) is 0. The molecule has 2 N–H and O–H groups in total. The van der Waals surface area contributed by atoms with Crippen molar-refractivity contribution in [3.8, 4) is 0 Å². The van der Waals surface area contributed by atoms with Gasteiger partial charge in [-0.1, -0.05) is 25.7 Å². The molecule has 2 heterocycles. The summed E-state index contributed by atoms with van der Waals surface area (Å²) in [6.07, 6.45) is 10.0. The first-order chi connectivity index (χ1) is 10.2. The molecule has 3 atom stereocenters.